The average Bonchev–Trinajstić information content (AvgIpc) is 2.63. The summed E-state index contributed by atoms with van der Waals surface area (Å²) in [4.78, 5) is 27.4. The van der Waals surface area contributed by atoms with E-state index in [1.54, 1.807) is 43.3 Å². The van der Waals surface area contributed by atoms with Gasteiger partial charge in [-0.05, 0) is 42.4 Å². The molecule has 2 aromatic rings. The molecule has 0 saturated carbocycles. The minimum atomic E-state index is -0.287. The van der Waals surface area contributed by atoms with Crippen LogP contribution in [-0.2, 0) is 17.9 Å². The summed E-state index contributed by atoms with van der Waals surface area (Å²) >= 11 is 0. The molecule has 2 amide bonds. The molecular weight excluding hydrogens is 333 g/mol. The van der Waals surface area contributed by atoms with Gasteiger partial charge in [-0.3, -0.25) is 14.5 Å². The predicted octanol–water partition coefficient (Wildman–Crippen LogP) is 2.28. The van der Waals surface area contributed by atoms with Gasteiger partial charge in [-0.25, -0.2) is 4.39 Å². The zero-order chi connectivity index (χ0) is 19.1. The molecule has 0 radical (unpaired) electrons. The first-order valence-corrected chi connectivity index (χ1v) is 8.37. The van der Waals surface area contributed by atoms with Crippen molar-refractivity contribution in [2.24, 2.45) is 0 Å². The van der Waals surface area contributed by atoms with E-state index in [2.05, 4.69) is 5.32 Å². The summed E-state index contributed by atoms with van der Waals surface area (Å²) in [5.41, 5.74) is 2.51. The highest BCUT2D eigenvalue weighted by Crippen LogP contribution is 2.09. The SMILES string of the molecule is CNC(=O)c1ccc(CN(C)CC(=O)N(C)Cc2ccc(F)cc2)cc1. The lowest BCUT2D eigenvalue weighted by atomic mass is 10.1. The van der Waals surface area contributed by atoms with E-state index in [1.807, 2.05) is 24.1 Å². The Morgan fingerprint density at radius 2 is 1.46 bits per heavy atom. The highest BCUT2D eigenvalue weighted by molar-refractivity contribution is 5.93. The highest BCUT2D eigenvalue weighted by atomic mass is 19.1. The van der Waals surface area contributed by atoms with Crippen LogP contribution >= 0.6 is 0 Å². The largest absolute Gasteiger partial charge is 0.355 e. The second kappa shape index (κ2) is 9.10. The van der Waals surface area contributed by atoms with Crippen molar-refractivity contribution in [1.82, 2.24) is 15.1 Å². The number of halogens is 1. The molecule has 0 saturated heterocycles. The van der Waals surface area contributed by atoms with Crippen LogP contribution in [0.25, 0.3) is 0 Å². The maximum absolute atomic E-state index is 12.9. The van der Waals surface area contributed by atoms with E-state index < -0.39 is 0 Å². The summed E-state index contributed by atoms with van der Waals surface area (Å²) in [5.74, 6) is -0.425. The molecule has 1 N–H and O–H groups in total. The highest BCUT2D eigenvalue weighted by Gasteiger charge is 2.13. The molecule has 0 unspecified atom stereocenters. The summed E-state index contributed by atoms with van der Waals surface area (Å²) < 4.78 is 12.9. The molecule has 2 aromatic carbocycles. The summed E-state index contributed by atoms with van der Waals surface area (Å²) in [7, 11) is 5.20. The number of amides is 2. The first kappa shape index (κ1) is 19.6. The van der Waals surface area contributed by atoms with Gasteiger partial charge in [0.2, 0.25) is 5.91 Å². The van der Waals surface area contributed by atoms with E-state index in [1.165, 1.54) is 12.1 Å². The Kier molecular flexibility index (Phi) is 6.86. The van der Waals surface area contributed by atoms with Crippen molar-refractivity contribution >= 4 is 11.8 Å². The van der Waals surface area contributed by atoms with Gasteiger partial charge in [0.15, 0.2) is 0 Å². The van der Waals surface area contributed by atoms with Gasteiger partial charge in [0.05, 0.1) is 6.54 Å². The lowest BCUT2D eigenvalue weighted by molar-refractivity contribution is -0.131. The Labute approximate surface area is 153 Å². The molecule has 6 heteroatoms. The van der Waals surface area contributed by atoms with Crippen molar-refractivity contribution in [3.63, 3.8) is 0 Å². The molecule has 0 heterocycles. The Bertz CT molecular complexity index is 745. The first-order chi connectivity index (χ1) is 12.4. The minimum Gasteiger partial charge on any atom is -0.355 e. The van der Waals surface area contributed by atoms with Gasteiger partial charge < -0.3 is 10.2 Å². The fourth-order valence-corrected chi connectivity index (χ4v) is 2.58. The molecule has 0 aromatic heterocycles. The van der Waals surface area contributed by atoms with Gasteiger partial charge in [-0.2, -0.15) is 0 Å². The normalized spacial score (nSPS) is 10.7. The number of carbonyl (C=O) groups excluding carboxylic acids is 2. The molecular formula is C20H24FN3O2. The van der Waals surface area contributed by atoms with Crippen LogP contribution in [0.5, 0.6) is 0 Å². The van der Waals surface area contributed by atoms with E-state index >= 15 is 0 Å². The third-order valence-electron chi connectivity index (χ3n) is 4.06. The topological polar surface area (TPSA) is 52.7 Å². The lowest BCUT2D eigenvalue weighted by Gasteiger charge is -2.22. The van der Waals surface area contributed by atoms with Gasteiger partial charge in [-0.1, -0.05) is 24.3 Å². The van der Waals surface area contributed by atoms with Gasteiger partial charge in [-0.15, -0.1) is 0 Å². The van der Waals surface area contributed by atoms with Crippen LogP contribution in [0.4, 0.5) is 4.39 Å². The molecule has 0 aliphatic heterocycles. The van der Waals surface area contributed by atoms with Crippen molar-refractivity contribution < 1.29 is 14.0 Å². The third-order valence-corrected chi connectivity index (χ3v) is 4.06. The smallest absolute Gasteiger partial charge is 0.251 e. The Morgan fingerprint density at radius 3 is 2.04 bits per heavy atom. The van der Waals surface area contributed by atoms with Gasteiger partial charge in [0.25, 0.3) is 5.91 Å². The number of hydrogen-bond acceptors (Lipinski definition) is 3. The number of likely N-dealkylation sites (N-methyl/N-ethyl adjacent to an activating group) is 2. The molecule has 0 bridgehead atoms. The molecule has 26 heavy (non-hydrogen) atoms. The van der Waals surface area contributed by atoms with Crippen LogP contribution in [0.15, 0.2) is 48.5 Å². The Morgan fingerprint density at radius 1 is 0.923 bits per heavy atom. The van der Waals surface area contributed by atoms with Crippen LogP contribution < -0.4 is 5.32 Å². The minimum absolute atomic E-state index is 0.0150. The van der Waals surface area contributed by atoms with E-state index in [-0.39, 0.29) is 24.2 Å². The van der Waals surface area contributed by atoms with Crippen molar-refractivity contribution in [2.45, 2.75) is 13.1 Å². The van der Waals surface area contributed by atoms with Gasteiger partial charge in [0, 0.05) is 32.7 Å². The fourth-order valence-electron chi connectivity index (χ4n) is 2.58. The Balaban J connectivity index is 1.85. The number of benzene rings is 2. The molecule has 0 spiro atoms. The number of hydrogen-bond donors (Lipinski definition) is 1. The standard InChI is InChI=1S/C20H24FN3O2/c1-22-20(26)17-8-4-15(5-9-17)12-23(2)14-19(25)24(3)13-16-6-10-18(21)11-7-16/h4-11H,12-14H2,1-3H3,(H,22,26). The molecule has 5 nitrogen and oxygen atoms in total. The number of carbonyl (C=O) groups is 2. The third kappa shape index (κ3) is 5.67. The second-order valence-corrected chi connectivity index (χ2v) is 6.32. The van der Waals surface area contributed by atoms with Crippen molar-refractivity contribution in [1.29, 1.82) is 0 Å². The summed E-state index contributed by atoms with van der Waals surface area (Å²) in [5, 5.41) is 2.58. The second-order valence-electron chi connectivity index (χ2n) is 6.32. The average molecular weight is 357 g/mol. The van der Waals surface area contributed by atoms with Gasteiger partial charge >= 0.3 is 0 Å². The number of nitrogens with one attached hydrogen (secondary N) is 1. The molecule has 0 fully saturated rings. The van der Waals surface area contributed by atoms with Crippen LogP contribution in [0.2, 0.25) is 0 Å². The van der Waals surface area contributed by atoms with E-state index in [4.69, 9.17) is 0 Å². The monoisotopic (exact) mass is 357 g/mol. The molecule has 0 atom stereocenters. The maximum atomic E-state index is 12.9. The quantitative estimate of drug-likeness (QED) is 0.827. The van der Waals surface area contributed by atoms with Gasteiger partial charge in [0.1, 0.15) is 5.82 Å². The van der Waals surface area contributed by atoms with Crippen molar-refractivity contribution in [2.75, 3.05) is 27.7 Å². The molecule has 0 aliphatic carbocycles. The predicted molar refractivity (Wildman–Crippen MR) is 99.0 cm³/mol. The van der Waals surface area contributed by atoms with Crippen molar-refractivity contribution in [3.05, 3.63) is 71.0 Å². The maximum Gasteiger partial charge on any atom is 0.251 e. The van der Waals surface area contributed by atoms with Crippen LogP contribution in [0.3, 0.4) is 0 Å². The van der Waals surface area contributed by atoms with Crippen LogP contribution in [0.1, 0.15) is 21.5 Å². The van der Waals surface area contributed by atoms with Crippen molar-refractivity contribution in [3.8, 4) is 0 Å². The fraction of sp³-hybridized carbons (Fsp3) is 0.300. The summed E-state index contributed by atoms with van der Waals surface area (Å²) in [6.45, 7) is 1.31. The zero-order valence-corrected chi connectivity index (χ0v) is 15.3. The summed E-state index contributed by atoms with van der Waals surface area (Å²) in [6, 6.07) is 13.4. The van der Waals surface area contributed by atoms with E-state index in [9.17, 15) is 14.0 Å². The first-order valence-electron chi connectivity index (χ1n) is 8.37. The zero-order valence-electron chi connectivity index (χ0n) is 15.3. The number of nitrogens with zero attached hydrogens (tertiary/aromatic N) is 2. The summed E-state index contributed by atoms with van der Waals surface area (Å²) in [6.07, 6.45) is 0. The van der Waals surface area contributed by atoms with Crippen LogP contribution in [0, 0.1) is 5.82 Å². The number of rotatable bonds is 7. The van der Waals surface area contributed by atoms with E-state index in [0.717, 1.165) is 11.1 Å². The van der Waals surface area contributed by atoms with Crippen LogP contribution in [-0.4, -0.2) is 49.3 Å². The Hall–Kier alpha value is -2.73. The molecule has 138 valence electrons. The lowest BCUT2D eigenvalue weighted by Crippen LogP contribution is -2.36. The molecule has 0 aliphatic rings. The van der Waals surface area contributed by atoms with E-state index in [0.29, 0.717) is 18.7 Å². The molecule has 2 rings (SSSR count).